The zero-order valence-electron chi connectivity index (χ0n) is 12.2. The molecule has 1 aliphatic carbocycles. The minimum Gasteiger partial charge on any atom is -0.481 e. The summed E-state index contributed by atoms with van der Waals surface area (Å²) < 4.78 is 5.27. The van der Waals surface area contributed by atoms with Gasteiger partial charge in [-0.05, 0) is 25.2 Å². The third-order valence-electron chi connectivity index (χ3n) is 4.19. The van der Waals surface area contributed by atoms with Gasteiger partial charge in [0.2, 0.25) is 0 Å². The van der Waals surface area contributed by atoms with Crippen molar-refractivity contribution >= 4 is 12.0 Å². The number of ether oxygens (including phenoxy) is 1. The Morgan fingerprint density at radius 3 is 2.60 bits per heavy atom. The first-order valence-electron chi connectivity index (χ1n) is 7.40. The third-order valence-corrected chi connectivity index (χ3v) is 4.19. The summed E-state index contributed by atoms with van der Waals surface area (Å²) in [5.74, 6) is -0.840. The predicted molar refractivity (Wildman–Crippen MR) is 73.4 cm³/mol. The third kappa shape index (κ3) is 3.23. The smallest absolute Gasteiger partial charge is 0.317 e. The van der Waals surface area contributed by atoms with Gasteiger partial charge in [0.15, 0.2) is 0 Å². The number of nitrogens with one attached hydrogen (secondary N) is 1. The molecule has 0 radical (unpaired) electrons. The van der Waals surface area contributed by atoms with Gasteiger partial charge in [0, 0.05) is 12.6 Å². The van der Waals surface area contributed by atoms with E-state index in [-0.39, 0.29) is 24.7 Å². The van der Waals surface area contributed by atoms with E-state index in [2.05, 4.69) is 12.2 Å². The van der Waals surface area contributed by atoms with Gasteiger partial charge in [-0.3, -0.25) is 4.79 Å². The fraction of sp³-hybridized carbons (Fsp3) is 0.857. The summed E-state index contributed by atoms with van der Waals surface area (Å²) in [6, 6.07) is -0.266. The van der Waals surface area contributed by atoms with Crippen LogP contribution >= 0.6 is 0 Å². The van der Waals surface area contributed by atoms with Gasteiger partial charge in [-0.15, -0.1) is 0 Å². The first-order chi connectivity index (χ1) is 9.52. The molecule has 20 heavy (non-hydrogen) atoms. The minimum atomic E-state index is -0.890. The Balaban J connectivity index is 1.98. The first kappa shape index (κ1) is 15.1. The molecule has 0 aromatic carbocycles. The van der Waals surface area contributed by atoms with Crippen molar-refractivity contribution in [1.29, 1.82) is 0 Å². The Morgan fingerprint density at radius 2 is 2.05 bits per heavy atom. The van der Waals surface area contributed by atoms with E-state index in [4.69, 9.17) is 4.74 Å². The molecule has 6 heteroatoms. The molecule has 1 heterocycles. The van der Waals surface area contributed by atoms with Crippen LogP contribution in [0.25, 0.3) is 0 Å². The number of carboxylic acids is 1. The SMILES string of the molecule is CCCN(C(=O)NC1CC(C)C1)C1COCC1C(=O)O. The second kappa shape index (κ2) is 6.43. The van der Waals surface area contributed by atoms with Crippen LogP contribution in [0.1, 0.15) is 33.1 Å². The number of carbonyl (C=O) groups is 2. The van der Waals surface area contributed by atoms with Crippen LogP contribution in [0, 0.1) is 11.8 Å². The molecular weight excluding hydrogens is 260 g/mol. The summed E-state index contributed by atoms with van der Waals surface area (Å²) in [5, 5.41) is 12.2. The molecule has 0 spiro atoms. The lowest BCUT2D eigenvalue weighted by Gasteiger charge is -2.37. The first-order valence-corrected chi connectivity index (χ1v) is 7.40. The molecule has 1 saturated heterocycles. The average molecular weight is 284 g/mol. The summed E-state index contributed by atoms with van der Waals surface area (Å²) in [4.78, 5) is 25.2. The van der Waals surface area contributed by atoms with E-state index in [0.717, 1.165) is 19.3 Å². The van der Waals surface area contributed by atoms with Crippen LogP contribution in [0.2, 0.25) is 0 Å². The number of hydrogen-bond donors (Lipinski definition) is 2. The van der Waals surface area contributed by atoms with Crippen LogP contribution in [0.4, 0.5) is 4.79 Å². The van der Waals surface area contributed by atoms with Gasteiger partial charge in [0.05, 0.1) is 19.3 Å². The molecule has 2 amide bonds. The van der Waals surface area contributed by atoms with Crippen molar-refractivity contribution in [1.82, 2.24) is 10.2 Å². The van der Waals surface area contributed by atoms with E-state index in [9.17, 15) is 14.7 Å². The summed E-state index contributed by atoms with van der Waals surface area (Å²) in [6.45, 7) is 5.21. The molecule has 114 valence electrons. The van der Waals surface area contributed by atoms with Crippen molar-refractivity contribution < 1.29 is 19.4 Å². The maximum absolute atomic E-state index is 12.4. The number of amides is 2. The van der Waals surface area contributed by atoms with Crippen LogP contribution in [-0.2, 0) is 9.53 Å². The molecule has 0 aromatic heterocycles. The number of carboxylic acid groups (broad SMARTS) is 1. The Bertz CT molecular complexity index is 368. The number of aliphatic carboxylic acids is 1. The molecule has 6 nitrogen and oxygen atoms in total. The maximum atomic E-state index is 12.4. The topological polar surface area (TPSA) is 78.9 Å². The summed E-state index contributed by atoms with van der Waals surface area (Å²) >= 11 is 0. The van der Waals surface area contributed by atoms with Gasteiger partial charge in [-0.2, -0.15) is 0 Å². The summed E-state index contributed by atoms with van der Waals surface area (Å²) in [5.41, 5.74) is 0. The minimum absolute atomic E-state index is 0.148. The van der Waals surface area contributed by atoms with E-state index in [1.54, 1.807) is 4.90 Å². The van der Waals surface area contributed by atoms with Crippen LogP contribution in [0.5, 0.6) is 0 Å². The zero-order valence-corrected chi connectivity index (χ0v) is 12.2. The number of hydrogen-bond acceptors (Lipinski definition) is 3. The Morgan fingerprint density at radius 1 is 1.35 bits per heavy atom. The molecule has 2 aliphatic rings. The van der Waals surface area contributed by atoms with Gasteiger partial charge in [-0.25, -0.2) is 4.79 Å². The highest BCUT2D eigenvalue weighted by Gasteiger charge is 2.40. The Kier molecular flexibility index (Phi) is 4.86. The molecule has 2 N–H and O–H groups in total. The molecule has 2 atom stereocenters. The quantitative estimate of drug-likeness (QED) is 0.797. The lowest BCUT2D eigenvalue weighted by atomic mass is 9.82. The Hall–Kier alpha value is -1.30. The molecule has 2 unspecified atom stereocenters. The van der Waals surface area contributed by atoms with E-state index < -0.39 is 11.9 Å². The van der Waals surface area contributed by atoms with Crippen LogP contribution in [-0.4, -0.2) is 53.8 Å². The highest BCUT2D eigenvalue weighted by molar-refractivity contribution is 5.77. The van der Waals surface area contributed by atoms with Crippen molar-refractivity contribution in [3.8, 4) is 0 Å². The molecular formula is C14H24N2O4. The monoisotopic (exact) mass is 284 g/mol. The summed E-state index contributed by atoms with van der Waals surface area (Å²) in [6.07, 6.45) is 2.82. The normalized spacial score (nSPS) is 32.5. The van der Waals surface area contributed by atoms with Gasteiger partial charge in [-0.1, -0.05) is 13.8 Å². The predicted octanol–water partition coefficient (Wildman–Crippen LogP) is 1.31. The van der Waals surface area contributed by atoms with E-state index >= 15 is 0 Å². The van der Waals surface area contributed by atoms with Crippen molar-refractivity contribution in [2.75, 3.05) is 19.8 Å². The summed E-state index contributed by atoms with van der Waals surface area (Å²) in [7, 11) is 0. The van der Waals surface area contributed by atoms with Gasteiger partial charge >= 0.3 is 12.0 Å². The molecule has 0 aromatic rings. The van der Waals surface area contributed by atoms with E-state index in [0.29, 0.717) is 19.1 Å². The lowest BCUT2D eigenvalue weighted by molar-refractivity contribution is -0.142. The number of carbonyl (C=O) groups excluding carboxylic acids is 1. The van der Waals surface area contributed by atoms with Crippen LogP contribution in [0.15, 0.2) is 0 Å². The second-order valence-corrected chi connectivity index (χ2v) is 5.97. The largest absolute Gasteiger partial charge is 0.481 e. The van der Waals surface area contributed by atoms with Gasteiger partial charge in [0.25, 0.3) is 0 Å². The zero-order chi connectivity index (χ0) is 14.7. The average Bonchev–Trinajstić information content (AvgIpc) is 2.82. The van der Waals surface area contributed by atoms with E-state index in [1.807, 2.05) is 6.92 Å². The number of rotatable bonds is 5. The highest BCUT2D eigenvalue weighted by atomic mass is 16.5. The fourth-order valence-electron chi connectivity index (χ4n) is 3.02. The van der Waals surface area contributed by atoms with E-state index in [1.165, 1.54) is 0 Å². The van der Waals surface area contributed by atoms with Crippen molar-refractivity contribution in [2.24, 2.45) is 11.8 Å². The van der Waals surface area contributed by atoms with Crippen LogP contribution < -0.4 is 5.32 Å². The van der Waals surface area contributed by atoms with Crippen molar-refractivity contribution in [3.05, 3.63) is 0 Å². The van der Waals surface area contributed by atoms with Crippen molar-refractivity contribution in [2.45, 2.75) is 45.2 Å². The molecule has 1 aliphatic heterocycles. The fourth-order valence-corrected chi connectivity index (χ4v) is 3.02. The highest BCUT2D eigenvalue weighted by Crippen LogP contribution is 2.27. The molecule has 1 saturated carbocycles. The molecule has 2 fully saturated rings. The van der Waals surface area contributed by atoms with Crippen LogP contribution in [0.3, 0.4) is 0 Å². The Labute approximate surface area is 119 Å². The second-order valence-electron chi connectivity index (χ2n) is 5.97. The van der Waals surface area contributed by atoms with Gasteiger partial charge < -0.3 is 20.1 Å². The lowest BCUT2D eigenvalue weighted by Crippen LogP contribution is -2.55. The van der Waals surface area contributed by atoms with Crippen molar-refractivity contribution in [3.63, 3.8) is 0 Å². The number of nitrogens with zero attached hydrogens (tertiary/aromatic N) is 1. The number of urea groups is 1. The molecule has 0 bridgehead atoms. The molecule has 2 rings (SSSR count). The maximum Gasteiger partial charge on any atom is 0.317 e. The van der Waals surface area contributed by atoms with Gasteiger partial charge in [0.1, 0.15) is 5.92 Å². The standard InChI is InChI=1S/C14H24N2O4/c1-3-4-16(12-8-20-7-11(12)13(17)18)14(19)15-10-5-9(2)6-10/h9-12H,3-8H2,1-2H3,(H,15,19)(H,17,18).